The Morgan fingerprint density at radius 1 is 1.15 bits per heavy atom. The van der Waals surface area contributed by atoms with E-state index in [2.05, 4.69) is 20.8 Å². The number of hydrogen-bond donors (Lipinski definition) is 2. The molecule has 3 aromatic rings. The molecular formula is C22H22ClN5O4S. The maximum Gasteiger partial charge on any atom is 0.251 e. The molecule has 2 N–H and O–H groups in total. The summed E-state index contributed by atoms with van der Waals surface area (Å²) >= 11 is 7.16. The number of carbonyl (C=O) groups excluding carboxylic acids is 2. The number of anilines is 1. The molecule has 2 heterocycles. The van der Waals surface area contributed by atoms with Gasteiger partial charge in [-0.2, -0.15) is 0 Å². The van der Waals surface area contributed by atoms with E-state index in [4.69, 9.17) is 21.1 Å². The van der Waals surface area contributed by atoms with Crippen molar-refractivity contribution in [3.8, 4) is 11.5 Å². The van der Waals surface area contributed by atoms with E-state index < -0.39 is 5.25 Å². The van der Waals surface area contributed by atoms with Gasteiger partial charge in [0.15, 0.2) is 22.5 Å². The molecule has 172 valence electrons. The van der Waals surface area contributed by atoms with Crippen LogP contribution in [0.25, 0.3) is 0 Å². The van der Waals surface area contributed by atoms with Gasteiger partial charge in [0.2, 0.25) is 12.7 Å². The number of nitrogens with zero attached hydrogens (tertiary/aromatic N) is 3. The third kappa shape index (κ3) is 5.40. The summed E-state index contributed by atoms with van der Waals surface area (Å²) in [6.07, 6.45) is 0. The molecular weight excluding hydrogens is 466 g/mol. The molecule has 1 atom stereocenters. The average Bonchev–Trinajstić information content (AvgIpc) is 3.43. The number of thioether (sulfide) groups is 1. The van der Waals surface area contributed by atoms with Crippen LogP contribution in [-0.4, -0.2) is 38.6 Å². The molecule has 0 bridgehead atoms. The molecule has 0 unspecified atom stereocenters. The van der Waals surface area contributed by atoms with Crippen LogP contribution in [0.2, 0.25) is 5.02 Å². The van der Waals surface area contributed by atoms with Crippen molar-refractivity contribution in [2.75, 3.05) is 12.1 Å². The van der Waals surface area contributed by atoms with E-state index >= 15 is 0 Å². The van der Waals surface area contributed by atoms with E-state index in [1.165, 1.54) is 11.8 Å². The Kier molecular flexibility index (Phi) is 7.05. The molecule has 2 amide bonds. The van der Waals surface area contributed by atoms with Crippen LogP contribution in [0.5, 0.6) is 11.5 Å². The molecule has 0 spiro atoms. The largest absolute Gasteiger partial charge is 0.454 e. The first-order valence-electron chi connectivity index (χ1n) is 10.3. The van der Waals surface area contributed by atoms with Crippen LogP contribution in [0.1, 0.15) is 30.0 Å². The molecule has 11 heteroatoms. The van der Waals surface area contributed by atoms with Crippen molar-refractivity contribution >= 4 is 40.9 Å². The second-order valence-corrected chi connectivity index (χ2v) is 8.89. The first-order chi connectivity index (χ1) is 15.9. The molecule has 0 radical (unpaired) electrons. The number of hydrogen-bond acceptors (Lipinski definition) is 7. The van der Waals surface area contributed by atoms with Crippen LogP contribution in [0.15, 0.2) is 47.6 Å². The maximum absolute atomic E-state index is 12.7. The van der Waals surface area contributed by atoms with Gasteiger partial charge in [0.1, 0.15) is 0 Å². The predicted molar refractivity (Wildman–Crippen MR) is 125 cm³/mol. The summed E-state index contributed by atoms with van der Waals surface area (Å²) < 4.78 is 12.5. The van der Waals surface area contributed by atoms with Crippen molar-refractivity contribution in [1.29, 1.82) is 0 Å². The normalized spacial score (nSPS) is 12.9. The molecule has 1 aliphatic rings. The second kappa shape index (κ2) is 10.1. The van der Waals surface area contributed by atoms with Crippen LogP contribution in [0.4, 0.5) is 5.69 Å². The highest BCUT2D eigenvalue weighted by molar-refractivity contribution is 8.00. The van der Waals surface area contributed by atoms with Crippen molar-refractivity contribution in [3.63, 3.8) is 0 Å². The fourth-order valence-corrected chi connectivity index (χ4v) is 4.20. The minimum Gasteiger partial charge on any atom is -0.454 e. The van der Waals surface area contributed by atoms with E-state index in [0.29, 0.717) is 45.3 Å². The third-order valence-corrected chi connectivity index (χ3v) is 6.25. The minimum absolute atomic E-state index is 0.175. The average molecular weight is 488 g/mol. The highest BCUT2D eigenvalue weighted by atomic mass is 35.5. The summed E-state index contributed by atoms with van der Waals surface area (Å²) in [6, 6.07) is 11.9. The maximum atomic E-state index is 12.7. The second-order valence-electron chi connectivity index (χ2n) is 7.15. The molecule has 0 saturated carbocycles. The molecule has 2 aromatic carbocycles. The van der Waals surface area contributed by atoms with Gasteiger partial charge in [0, 0.05) is 28.9 Å². The summed E-state index contributed by atoms with van der Waals surface area (Å²) in [5, 5.41) is 14.9. The van der Waals surface area contributed by atoms with Gasteiger partial charge in [-0.25, -0.2) is 0 Å². The van der Waals surface area contributed by atoms with Crippen molar-refractivity contribution in [3.05, 3.63) is 58.9 Å². The Bertz CT molecular complexity index is 1170. The summed E-state index contributed by atoms with van der Waals surface area (Å²) in [5.41, 5.74) is 1.13. The summed E-state index contributed by atoms with van der Waals surface area (Å²) in [6.45, 7) is 4.73. The van der Waals surface area contributed by atoms with Gasteiger partial charge in [-0.1, -0.05) is 23.4 Å². The summed E-state index contributed by atoms with van der Waals surface area (Å²) in [7, 11) is 0. The Labute approximate surface area is 199 Å². The van der Waals surface area contributed by atoms with Crippen molar-refractivity contribution in [1.82, 2.24) is 20.1 Å². The first kappa shape index (κ1) is 22.9. The Hall–Kier alpha value is -3.24. The van der Waals surface area contributed by atoms with Gasteiger partial charge in [0.25, 0.3) is 5.91 Å². The molecule has 0 fully saturated rings. The molecule has 0 aliphatic carbocycles. The van der Waals surface area contributed by atoms with Crippen LogP contribution in [0, 0.1) is 0 Å². The number of ether oxygens (including phenoxy) is 2. The van der Waals surface area contributed by atoms with Gasteiger partial charge in [-0.3, -0.25) is 9.59 Å². The Morgan fingerprint density at radius 2 is 1.91 bits per heavy atom. The smallest absolute Gasteiger partial charge is 0.251 e. The first-order valence-corrected chi connectivity index (χ1v) is 11.5. The fourth-order valence-electron chi connectivity index (χ4n) is 3.15. The Morgan fingerprint density at radius 3 is 2.67 bits per heavy atom. The number of rotatable bonds is 8. The number of amides is 2. The lowest BCUT2D eigenvalue weighted by molar-refractivity contribution is -0.115. The number of halogens is 1. The Balaban J connectivity index is 1.36. The minimum atomic E-state index is -0.429. The monoisotopic (exact) mass is 487 g/mol. The lowest BCUT2D eigenvalue weighted by Gasteiger charge is -2.13. The zero-order chi connectivity index (χ0) is 23.4. The van der Waals surface area contributed by atoms with E-state index in [1.807, 2.05) is 11.5 Å². The van der Waals surface area contributed by atoms with Crippen LogP contribution < -0.4 is 20.1 Å². The summed E-state index contributed by atoms with van der Waals surface area (Å²) in [5.74, 6) is 1.45. The van der Waals surface area contributed by atoms with Gasteiger partial charge in [-0.05, 0) is 50.2 Å². The topological polar surface area (TPSA) is 107 Å². The van der Waals surface area contributed by atoms with E-state index in [9.17, 15) is 9.59 Å². The van der Waals surface area contributed by atoms with Crippen molar-refractivity contribution in [2.45, 2.75) is 37.3 Å². The van der Waals surface area contributed by atoms with Crippen LogP contribution >= 0.6 is 23.4 Å². The quantitative estimate of drug-likeness (QED) is 0.466. The van der Waals surface area contributed by atoms with E-state index in [-0.39, 0.29) is 25.2 Å². The van der Waals surface area contributed by atoms with Crippen molar-refractivity contribution in [2.24, 2.45) is 0 Å². The van der Waals surface area contributed by atoms with E-state index in [1.54, 1.807) is 49.4 Å². The number of aromatic nitrogens is 3. The molecule has 33 heavy (non-hydrogen) atoms. The van der Waals surface area contributed by atoms with Crippen molar-refractivity contribution < 1.29 is 19.1 Å². The molecule has 0 saturated heterocycles. The highest BCUT2D eigenvalue weighted by Gasteiger charge is 2.21. The number of nitrogens with one attached hydrogen (secondary N) is 2. The third-order valence-electron chi connectivity index (χ3n) is 4.91. The standard InChI is InChI=1S/C22H22ClN5O4S/c1-3-28-19(11-24-21(30)14-4-6-15(23)7-5-14)26-27-22(28)33-13(2)20(29)25-16-8-9-17-18(10-16)32-12-31-17/h4-10,13H,3,11-12H2,1-2H3,(H,24,30)(H,25,29)/t13-/m1/s1. The SMILES string of the molecule is CCn1c(CNC(=O)c2ccc(Cl)cc2)nnc1S[C@H](C)C(=O)Nc1ccc2c(c1)OCO2. The lowest BCUT2D eigenvalue weighted by atomic mass is 10.2. The van der Waals surface area contributed by atoms with E-state index in [0.717, 1.165) is 0 Å². The predicted octanol–water partition coefficient (Wildman–Crippen LogP) is 3.73. The number of benzene rings is 2. The highest BCUT2D eigenvalue weighted by Crippen LogP contribution is 2.34. The van der Waals surface area contributed by atoms with Crippen LogP contribution in [-0.2, 0) is 17.9 Å². The molecule has 9 nitrogen and oxygen atoms in total. The number of carbonyl (C=O) groups is 2. The van der Waals surface area contributed by atoms with Gasteiger partial charge in [-0.15, -0.1) is 10.2 Å². The van der Waals surface area contributed by atoms with Gasteiger partial charge in [0.05, 0.1) is 11.8 Å². The van der Waals surface area contributed by atoms with Gasteiger partial charge >= 0.3 is 0 Å². The van der Waals surface area contributed by atoms with Gasteiger partial charge < -0.3 is 24.7 Å². The number of fused-ring (bicyclic) bond motifs is 1. The fraction of sp³-hybridized carbons (Fsp3) is 0.273. The summed E-state index contributed by atoms with van der Waals surface area (Å²) in [4.78, 5) is 25.1. The zero-order valence-corrected chi connectivity index (χ0v) is 19.6. The zero-order valence-electron chi connectivity index (χ0n) is 18.0. The molecule has 1 aliphatic heterocycles. The molecule has 4 rings (SSSR count). The molecule has 1 aromatic heterocycles. The lowest BCUT2D eigenvalue weighted by Crippen LogP contribution is -2.25. The van der Waals surface area contributed by atoms with Crippen LogP contribution in [0.3, 0.4) is 0 Å².